The van der Waals surface area contributed by atoms with Gasteiger partial charge in [-0.2, -0.15) is 0 Å². The van der Waals surface area contributed by atoms with Crippen LogP contribution in [0.1, 0.15) is 5.56 Å². The highest BCUT2D eigenvalue weighted by Crippen LogP contribution is 2.17. The fourth-order valence-electron chi connectivity index (χ4n) is 1.37. The number of nitrogens with two attached hydrogens (primary N) is 1. The molecular formula is C14H14N2S. The van der Waals surface area contributed by atoms with Crippen LogP contribution in [-0.4, -0.2) is 10.7 Å². The minimum Gasteiger partial charge on any atom is -0.384 e. The zero-order valence-corrected chi connectivity index (χ0v) is 10.2. The van der Waals surface area contributed by atoms with Gasteiger partial charge >= 0.3 is 0 Å². The van der Waals surface area contributed by atoms with Gasteiger partial charge in [0.05, 0.1) is 0 Å². The summed E-state index contributed by atoms with van der Waals surface area (Å²) < 4.78 is 0. The lowest BCUT2D eigenvalue weighted by Gasteiger charge is -1.98. The van der Waals surface area contributed by atoms with Gasteiger partial charge in [-0.05, 0) is 17.7 Å². The van der Waals surface area contributed by atoms with Crippen LogP contribution in [0.15, 0.2) is 59.6 Å². The lowest BCUT2D eigenvalue weighted by molar-refractivity contribution is 1.25. The second kappa shape index (κ2) is 6.11. The van der Waals surface area contributed by atoms with Crippen molar-refractivity contribution in [3.05, 3.63) is 60.3 Å². The van der Waals surface area contributed by atoms with E-state index in [2.05, 4.69) is 29.3 Å². The van der Waals surface area contributed by atoms with E-state index in [1.165, 1.54) is 5.56 Å². The smallest absolute Gasteiger partial charge is 0.123 e. The van der Waals surface area contributed by atoms with E-state index in [9.17, 15) is 0 Å². The minimum absolute atomic E-state index is 0.564. The molecule has 0 aliphatic carbocycles. The van der Waals surface area contributed by atoms with Crippen molar-refractivity contribution < 1.29 is 0 Å². The van der Waals surface area contributed by atoms with Gasteiger partial charge < -0.3 is 5.73 Å². The highest BCUT2D eigenvalue weighted by molar-refractivity contribution is 7.99. The van der Waals surface area contributed by atoms with E-state index in [1.54, 1.807) is 18.0 Å². The van der Waals surface area contributed by atoms with Crippen molar-refractivity contribution in [3.8, 4) is 0 Å². The molecular weight excluding hydrogens is 228 g/mol. The molecule has 2 nitrogen and oxygen atoms in total. The summed E-state index contributed by atoms with van der Waals surface area (Å²) in [5.41, 5.74) is 6.75. The number of nitrogens with zero attached hydrogens (tertiary/aromatic N) is 1. The zero-order valence-electron chi connectivity index (χ0n) is 9.41. The second-order valence-electron chi connectivity index (χ2n) is 3.54. The third-order valence-corrected chi connectivity index (χ3v) is 3.15. The molecule has 1 heterocycles. The third kappa shape index (κ3) is 3.96. The van der Waals surface area contributed by atoms with Crippen LogP contribution < -0.4 is 5.73 Å². The molecule has 0 bridgehead atoms. The molecule has 0 aliphatic heterocycles. The van der Waals surface area contributed by atoms with Gasteiger partial charge in [-0.1, -0.05) is 42.5 Å². The van der Waals surface area contributed by atoms with Gasteiger partial charge in [-0.15, -0.1) is 11.8 Å². The molecule has 17 heavy (non-hydrogen) atoms. The predicted octanol–water partition coefficient (Wildman–Crippen LogP) is 3.47. The molecule has 2 N–H and O–H groups in total. The Morgan fingerprint density at radius 3 is 2.65 bits per heavy atom. The third-order valence-electron chi connectivity index (χ3n) is 2.22. The molecule has 0 saturated heterocycles. The summed E-state index contributed by atoms with van der Waals surface area (Å²) in [6.07, 6.45) is 6.07. The zero-order chi connectivity index (χ0) is 11.9. The van der Waals surface area contributed by atoms with Crippen molar-refractivity contribution in [2.45, 2.75) is 4.90 Å². The van der Waals surface area contributed by atoms with Crippen molar-refractivity contribution in [1.29, 1.82) is 0 Å². The monoisotopic (exact) mass is 242 g/mol. The van der Waals surface area contributed by atoms with E-state index in [4.69, 9.17) is 5.73 Å². The molecule has 1 aromatic heterocycles. The average molecular weight is 242 g/mol. The first-order valence-electron chi connectivity index (χ1n) is 5.40. The van der Waals surface area contributed by atoms with Crippen LogP contribution in [0.25, 0.3) is 6.08 Å². The predicted molar refractivity (Wildman–Crippen MR) is 74.8 cm³/mol. The Balaban J connectivity index is 1.84. The van der Waals surface area contributed by atoms with Crippen molar-refractivity contribution in [2.75, 3.05) is 11.5 Å². The van der Waals surface area contributed by atoms with Crippen LogP contribution >= 0.6 is 11.8 Å². The van der Waals surface area contributed by atoms with Gasteiger partial charge in [0.15, 0.2) is 0 Å². The summed E-state index contributed by atoms with van der Waals surface area (Å²) >= 11 is 1.74. The average Bonchev–Trinajstić information content (AvgIpc) is 2.38. The molecule has 0 radical (unpaired) electrons. The Bertz CT molecular complexity index is 477. The highest BCUT2D eigenvalue weighted by Gasteiger charge is 1.92. The molecule has 0 amide bonds. The molecule has 3 heteroatoms. The second-order valence-corrected chi connectivity index (χ2v) is 4.64. The van der Waals surface area contributed by atoms with Gasteiger partial charge in [0.2, 0.25) is 0 Å². The van der Waals surface area contributed by atoms with Gasteiger partial charge in [-0.3, -0.25) is 0 Å². The molecule has 0 aliphatic rings. The van der Waals surface area contributed by atoms with Gasteiger partial charge in [-0.25, -0.2) is 4.98 Å². The maximum absolute atomic E-state index is 5.52. The number of hydrogen-bond acceptors (Lipinski definition) is 3. The van der Waals surface area contributed by atoms with E-state index < -0.39 is 0 Å². The molecule has 0 spiro atoms. The number of hydrogen-bond donors (Lipinski definition) is 1. The Kier molecular flexibility index (Phi) is 4.22. The molecule has 0 atom stereocenters. The number of anilines is 1. The molecule has 1 aromatic carbocycles. The standard InChI is InChI=1S/C14H14N2S/c15-14-9-8-13(11-16-14)17-10-4-7-12-5-2-1-3-6-12/h1-9,11H,10H2,(H2,15,16)/b7-4+. The summed E-state index contributed by atoms with van der Waals surface area (Å²) in [5.74, 6) is 1.50. The summed E-state index contributed by atoms with van der Waals surface area (Å²) in [7, 11) is 0. The highest BCUT2D eigenvalue weighted by atomic mass is 32.2. The van der Waals surface area contributed by atoms with E-state index in [1.807, 2.05) is 30.3 Å². The first kappa shape index (κ1) is 11.7. The van der Waals surface area contributed by atoms with E-state index in [0.29, 0.717) is 5.82 Å². The van der Waals surface area contributed by atoms with Crippen LogP contribution in [0.5, 0.6) is 0 Å². The maximum atomic E-state index is 5.52. The SMILES string of the molecule is Nc1ccc(SC/C=C/c2ccccc2)cn1. The quantitative estimate of drug-likeness (QED) is 0.834. The Labute approximate surface area is 106 Å². The van der Waals surface area contributed by atoms with E-state index in [-0.39, 0.29) is 0 Å². The van der Waals surface area contributed by atoms with Gasteiger partial charge in [0.1, 0.15) is 5.82 Å². The minimum atomic E-state index is 0.564. The topological polar surface area (TPSA) is 38.9 Å². The molecule has 86 valence electrons. The Morgan fingerprint density at radius 1 is 1.12 bits per heavy atom. The lowest BCUT2D eigenvalue weighted by Crippen LogP contribution is -1.87. The Hall–Kier alpha value is -1.74. The van der Waals surface area contributed by atoms with Gasteiger partial charge in [0.25, 0.3) is 0 Å². The summed E-state index contributed by atoms with van der Waals surface area (Å²) in [6.45, 7) is 0. The van der Waals surface area contributed by atoms with E-state index in [0.717, 1.165) is 10.6 Å². The number of pyridine rings is 1. The molecule has 0 unspecified atom stereocenters. The maximum Gasteiger partial charge on any atom is 0.123 e. The van der Waals surface area contributed by atoms with Crippen LogP contribution in [0.3, 0.4) is 0 Å². The van der Waals surface area contributed by atoms with Crippen LogP contribution in [0.4, 0.5) is 5.82 Å². The van der Waals surface area contributed by atoms with Gasteiger partial charge in [0, 0.05) is 16.8 Å². The lowest BCUT2D eigenvalue weighted by atomic mass is 10.2. The van der Waals surface area contributed by atoms with Crippen molar-refractivity contribution in [3.63, 3.8) is 0 Å². The van der Waals surface area contributed by atoms with Crippen LogP contribution in [0.2, 0.25) is 0 Å². The molecule has 2 rings (SSSR count). The molecule has 2 aromatic rings. The summed E-state index contributed by atoms with van der Waals surface area (Å²) in [6, 6.07) is 14.1. The molecule has 0 saturated carbocycles. The van der Waals surface area contributed by atoms with Crippen molar-refractivity contribution in [1.82, 2.24) is 4.98 Å². The first-order valence-corrected chi connectivity index (χ1v) is 6.39. The first-order chi connectivity index (χ1) is 8.34. The number of nitrogen functional groups attached to an aromatic ring is 1. The van der Waals surface area contributed by atoms with Crippen molar-refractivity contribution >= 4 is 23.7 Å². The largest absolute Gasteiger partial charge is 0.384 e. The van der Waals surface area contributed by atoms with Crippen LogP contribution in [-0.2, 0) is 0 Å². The Morgan fingerprint density at radius 2 is 1.94 bits per heavy atom. The summed E-state index contributed by atoms with van der Waals surface area (Å²) in [5, 5.41) is 0. The normalized spacial score (nSPS) is 10.8. The number of rotatable bonds is 4. The fraction of sp³-hybridized carbons (Fsp3) is 0.0714. The molecule has 0 fully saturated rings. The number of thioether (sulfide) groups is 1. The number of aromatic nitrogens is 1. The van der Waals surface area contributed by atoms with E-state index >= 15 is 0 Å². The fourth-order valence-corrected chi connectivity index (χ4v) is 2.05. The van der Waals surface area contributed by atoms with Crippen LogP contribution in [0, 0.1) is 0 Å². The number of benzene rings is 1. The van der Waals surface area contributed by atoms with Crippen molar-refractivity contribution in [2.24, 2.45) is 0 Å². The summed E-state index contributed by atoms with van der Waals surface area (Å²) in [4.78, 5) is 5.18.